The summed E-state index contributed by atoms with van der Waals surface area (Å²) in [4.78, 5) is 12.6. The molecule has 3 rings (SSSR count). The Hall–Kier alpha value is -1.71. The number of fused-ring (bicyclic) bond motifs is 1. The van der Waals surface area contributed by atoms with Gasteiger partial charge < -0.3 is 5.32 Å². The largest absolute Gasteiger partial charge is 0.372 e. The zero-order chi connectivity index (χ0) is 13.9. The molecule has 20 heavy (non-hydrogen) atoms. The van der Waals surface area contributed by atoms with Gasteiger partial charge in [0.1, 0.15) is 16.5 Å². The van der Waals surface area contributed by atoms with E-state index >= 15 is 0 Å². The van der Waals surface area contributed by atoms with E-state index in [0.717, 1.165) is 34.9 Å². The van der Waals surface area contributed by atoms with Crippen LogP contribution in [0.15, 0.2) is 11.4 Å². The Bertz CT molecular complexity index is 641. The van der Waals surface area contributed by atoms with Gasteiger partial charge in [-0.1, -0.05) is 0 Å². The van der Waals surface area contributed by atoms with Gasteiger partial charge >= 0.3 is 0 Å². The van der Waals surface area contributed by atoms with E-state index in [4.69, 9.17) is 5.26 Å². The van der Waals surface area contributed by atoms with Crippen LogP contribution >= 0.6 is 11.3 Å². The third kappa shape index (κ3) is 2.74. The Labute approximate surface area is 122 Å². The Morgan fingerprint density at radius 2 is 2.35 bits per heavy atom. The van der Waals surface area contributed by atoms with E-state index in [2.05, 4.69) is 26.3 Å². The predicted octanol–water partition coefficient (Wildman–Crippen LogP) is 2.61. The summed E-state index contributed by atoms with van der Waals surface area (Å²) in [5, 5.41) is 15.0. The number of anilines is 1. The van der Waals surface area contributed by atoms with Crippen LogP contribution in [0.2, 0.25) is 0 Å². The van der Waals surface area contributed by atoms with Gasteiger partial charge in [0.2, 0.25) is 0 Å². The summed E-state index contributed by atoms with van der Waals surface area (Å²) in [6.45, 7) is 1.54. The second-order valence-corrected chi connectivity index (χ2v) is 5.88. The van der Waals surface area contributed by atoms with Gasteiger partial charge in [0.05, 0.1) is 18.0 Å². The lowest BCUT2D eigenvalue weighted by molar-refractivity contribution is 0.255. The maximum Gasteiger partial charge on any atom is 0.146 e. The Morgan fingerprint density at radius 3 is 3.05 bits per heavy atom. The minimum atomic E-state index is 0.566. The fraction of sp³-hybridized carbons (Fsp3) is 0.500. The Kier molecular flexibility index (Phi) is 3.81. The number of hydrogen-bond donors (Lipinski definition) is 1. The van der Waals surface area contributed by atoms with Crippen molar-refractivity contribution >= 4 is 27.4 Å². The van der Waals surface area contributed by atoms with Gasteiger partial charge in [0, 0.05) is 26.1 Å². The van der Waals surface area contributed by atoms with Crippen molar-refractivity contribution in [2.75, 3.05) is 18.9 Å². The van der Waals surface area contributed by atoms with Gasteiger partial charge in [-0.15, -0.1) is 11.3 Å². The van der Waals surface area contributed by atoms with Crippen LogP contribution < -0.4 is 5.32 Å². The molecule has 2 heterocycles. The van der Waals surface area contributed by atoms with E-state index in [1.54, 1.807) is 11.3 Å². The summed E-state index contributed by atoms with van der Waals surface area (Å²) in [7, 11) is 1.89. The number of thiophene rings is 1. The summed E-state index contributed by atoms with van der Waals surface area (Å²) in [5.74, 6) is 1.73. The van der Waals surface area contributed by atoms with Crippen molar-refractivity contribution in [3.8, 4) is 6.07 Å². The van der Waals surface area contributed by atoms with Gasteiger partial charge in [-0.05, 0) is 24.3 Å². The van der Waals surface area contributed by atoms with Crippen LogP contribution in [-0.2, 0) is 6.54 Å². The number of rotatable bonds is 6. The average Bonchev–Trinajstić information content (AvgIpc) is 3.20. The van der Waals surface area contributed by atoms with Crippen LogP contribution in [0.5, 0.6) is 0 Å². The molecule has 1 aliphatic carbocycles. The molecule has 0 spiro atoms. The average molecular weight is 287 g/mol. The summed E-state index contributed by atoms with van der Waals surface area (Å²) in [6, 6.07) is 4.88. The third-order valence-electron chi connectivity index (χ3n) is 3.53. The highest BCUT2D eigenvalue weighted by atomic mass is 32.1. The maximum absolute atomic E-state index is 8.76. The first-order chi connectivity index (χ1) is 9.81. The maximum atomic E-state index is 8.76. The zero-order valence-corrected chi connectivity index (χ0v) is 12.3. The predicted molar refractivity (Wildman–Crippen MR) is 80.6 cm³/mol. The molecule has 0 aliphatic heterocycles. The highest BCUT2D eigenvalue weighted by Crippen LogP contribution is 2.29. The van der Waals surface area contributed by atoms with Gasteiger partial charge in [0.15, 0.2) is 0 Å². The second-order valence-electron chi connectivity index (χ2n) is 4.99. The van der Waals surface area contributed by atoms with E-state index in [1.807, 2.05) is 18.5 Å². The number of hydrogen-bond acceptors (Lipinski definition) is 6. The van der Waals surface area contributed by atoms with Crippen LogP contribution in [0.3, 0.4) is 0 Å². The van der Waals surface area contributed by atoms with Gasteiger partial charge in [-0.2, -0.15) is 5.26 Å². The van der Waals surface area contributed by atoms with E-state index in [0.29, 0.717) is 12.5 Å². The molecular formula is C14H17N5S. The summed E-state index contributed by atoms with van der Waals surface area (Å²) in [6.07, 6.45) is 3.02. The monoisotopic (exact) mass is 287 g/mol. The fourth-order valence-corrected chi connectivity index (χ4v) is 3.15. The Balaban J connectivity index is 1.83. The number of nitriles is 1. The first-order valence-electron chi connectivity index (χ1n) is 6.84. The minimum absolute atomic E-state index is 0.566. The van der Waals surface area contributed by atoms with Crippen molar-refractivity contribution in [3.63, 3.8) is 0 Å². The molecule has 2 aromatic heterocycles. The lowest BCUT2D eigenvalue weighted by atomic mass is 10.3. The molecule has 0 radical (unpaired) electrons. The van der Waals surface area contributed by atoms with Crippen molar-refractivity contribution in [3.05, 3.63) is 17.3 Å². The minimum Gasteiger partial charge on any atom is -0.372 e. The lowest BCUT2D eigenvalue weighted by Gasteiger charge is -2.19. The summed E-state index contributed by atoms with van der Waals surface area (Å²) in [5.41, 5.74) is 0. The van der Waals surface area contributed by atoms with Crippen molar-refractivity contribution in [2.45, 2.75) is 31.8 Å². The summed E-state index contributed by atoms with van der Waals surface area (Å²) < 4.78 is 0. The molecule has 2 aromatic rings. The smallest absolute Gasteiger partial charge is 0.146 e. The van der Waals surface area contributed by atoms with Gasteiger partial charge in [-0.3, -0.25) is 4.90 Å². The zero-order valence-electron chi connectivity index (χ0n) is 11.5. The first kappa shape index (κ1) is 13.3. The van der Waals surface area contributed by atoms with Crippen LogP contribution in [0.4, 0.5) is 5.82 Å². The molecule has 5 nitrogen and oxygen atoms in total. The molecule has 0 saturated heterocycles. The lowest BCUT2D eigenvalue weighted by Crippen LogP contribution is -2.27. The fourth-order valence-electron chi connectivity index (χ4n) is 2.37. The first-order valence-corrected chi connectivity index (χ1v) is 7.72. The van der Waals surface area contributed by atoms with E-state index in [1.165, 1.54) is 12.8 Å². The second kappa shape index (κ2) is 5.73. The van der Waals surface area contributed by atoms with Crippen molar-refractivity contribution in [1.29, 1.82) is 5.26 Å². The standard InChI is InChI=1S/C14H17N5S/c1-16-13-11-5-8-20-14(11)18-12(17-13)9-19(7-2-6-15)10-3-4-10/h5,8,10H,2-4,7,9H2,1H3,(H,16,17,18). The third-order valence-corrected chi connectivity index (χ3v) is 4.33. The molecule has 6 heteroatoms. The van der Waals surface area contributed by atoms with Crippen molar-refractivity contribution in [2.24, 2.45) is 0 Å². The van der Waals surface area contributed by atoms with E-state index in [-0.39, 0.29) is 0 Å². The highest BCUT2D eigenvalue weighted by Gasteiger charge is 2.29. The normalized spacial score (nSPS) is 14.7. The molecule has 0 amide bonds. The molecule has 1 saturated carbocycles. The van der Waals surface area contributed by atoms with Crippen LogP contribution in [0, 0.1) is 11.3 Å². The molecule has 0 atom stereocenters. The summed E-state index contributed by atoms with van der Waals surface area (Å²) >= 11 is 1.64. The molecule has 1 N–H and O–H groups in total. The highest BCUT2D eigenvalue weighted by molar-refractivity contribution is 7.16. The number of aromatic nitrogens is 2. The Morgan fingerprint density at radius 1 is 1.50 bits per heavy atom. The van der Waals surface area contributed by atoms with Crippen molar-refractivity contribution < 1.29 is 0 Å². The molecule has 104 valence electrons. The van der Waals surface area contributed by atoms with Crippen LogP contribution in [0.1, 0.15) is 25.1 Å². The van der Waals surface area contributed by atoms with Gasteiger partial charge in [0.25, 0.3) is 0 Å². The molecular weight excluding hydrogens is 270 g/mol. The molecule has 0 aromatic carbocycles. The molecule has 1 fully saturated rings. The number of nitrogens with zero attached hydrogens (tertiary/aromatic N) is 4. The van der Waals surface area contributed by atoms with Crippen molar-refractivity contribution in [1.82, 2.24) is 14.9 Å². The number of nitrogens with one attached hydrogen (secondary N) is 1. The molecule has 0 bridgehead atoms. The SMILES string of the molecule is CNc1nc(CN(CCC#N)C2CC2)nc2sccc12. The molecule has 1 aliphatic rings. The van der Waals surface area contributed by atoms with Gasteiger partial charge in [-0.25, -0.2) is 9.97 Å². The van der Waals surface area contributed by atoms with E-state index < -0.39 is 0 Å². The topological polar surface area (TPSA) is 64.8 Å². The quantitative estimate of drug-likeness (QED) is 0.884. The van der Waals surface area contributed by atoms with Crippen LogP contribution in [0.25, 0.3) is 10.2 Å². The van der Waals surface area contributed by atoms with E-state index in [9.17, 15) is 0 Å². The molecule has 0 unspecified atom stereocenters. The van der Waals surface area contributed by atoms with Crippen LogP contribution in [-0.4, -0.2) is 34.5 Å².